The number of hydrogen-bond acceptors (Lipinski definition) is 4. The van der Waals surface area contributed by atoms with Gasteiger partial charge in [-0.15, -0.1) is 0 Å². The van der Waals surface area contributed by atoms with Gasteiger partial charge in [0.15, 0.2) is 0 Å². The lowest BCUT2D eigenvalue weighted by Crippen LogP contribution is -2.37. The van der Waals surface area contributed by atoms with Gasteiger partial charge in [0.05, 0.1) is 4.90 Å². The molecule has 0 spiro atoms. The van der Waals surface area contributed by atoms with Crippen molar-refractivity contribution in [3.63, 3.8) is 0 Å². The number of piperidine rings is 1. The van der Waals surface area contributed by atoms with E-state index in [-0.39, 0.29) is 29.7 Å². The molecule has 1 N–H and O–H groups in total. The number of amides is 2. The first-order valence-electron chi connectivity index (χ1n) is 9.65. The van der Waals surface area contributed by atoms with E-state index in [9.17, 15) is 18.0 Å². The zero-order valence-electron chi connectivity index (χ0n) is 15.5. The van der Waals surface area contributed by atoms with E-state index in [1.54, 1.807) is 0 Å². The topological polar surface area (TPSA) is 86.8 Å². The van der Waals surface area contributed by atoms with Crippen LogP contribution in [0.15, 0.2) is 29.2 Å². The van der Waals surface area contributed by atoms with Crippen molar-refractivity contribution in [2.24, 2.45) is 0 Å². The predicted octanol–water partition coefficient (Wildman–Crippen LogP) is 1.60. The van der Waals surface area contributed by atoms with Crippen LogP contribution in [0.4, 0.5) is 0 Å². The zero-order chi connectivity index (χ0) is 19.3. The predicted molar refractivity (Wildman–Crippen MR) is 102 cm³/mol. The van der Waals surface area contributed by atoms with Gasteiger partial charge in [0.2, 0.25) is 15.9 Å². The molecule has 1 aromatic carbocycles. The van der Waals surface area contributed by atoms with E-state index >= 15 is 0 Å². The summed E-state index contributed by atoms with van der Waals surface area (Å²) >= 11 is 0. The highest BCUT2D eigenvalue weighted by Crippen LogP contribution is 2.21. The molecule has 148 valence electrons. The van der Waals surface area contributed by atoms with Crippen molar-refractivity contribution in [3.05, 3.63) is 29.8 Å². The molecule has 0 bridgehead atoms. The maximum atomic E-state index is 12.5. The Morgan fingerprint density at radius 3 is 2.11 bits per heavy atom. The molecular formula is C19H27N3O4S. The van der Waals surface area contributed by atoms with Crippen molar-refractivity contribution >= 4 is 21.8 Å². The normalized spacial score (nSPS) is 18.4. The molecule has 2 aliphatic heterocycles. The Balaban J connectivity index is 1.51. The Kier molecular flexibility index (Phi) is 6.49. The number of nitrogens with one attached hydrogen (secondary N) is 1. The maximum Gasteiger partial charge on any atom is 0.251 e. The standard InChI is InChI=1S/C19H27N3O4S/c23-18(21-12-2-1-3-13-21)10-11-20-19(24)16-6-8-17(9-7-16)27(25,26)22-14-4-5-15-22/h6-9H,1-5,10-15H2,(H,20,24). The molecule has 0 saturated carbocycles. The monoisotopic (exact) mass is 393 g/mol. The molecule has 7 nitrogen and oxygen atoms in total. The fourth-order valence-corrected chi connectivity index (χ4v) is 5.06. The Hall–Kier alpha value is -1.93. The molecule has 27 heavy (non-hydrogen) atoms. The van der Waals surface area contributed by atoms with Gasteiger partial charge >= 0.3 is 0 Å². The molecule has 0 atom stereocenters. The van der Waals surface area contributed by atoms with Crippen LogP contribution in [0.1, 0.15) is 48.9 Å². The number of rotatable bonds is 6. The van der Waals surface area contributed by atoms with Gasteiger partial charge in [-0.2, -0.15) is 4.31 Å². The average molecular weight is 394 g/mol. The van der Waals surface area contributed by atoms with Crippen LogP contribution >= 0.6 is 0 Å². The minimum Gasteiger partial charge on any atom is -0.352 e. The summed E-state index contributed by atoms with van der Waals surface area (Å²) in [5.74, 6) is -0.228. The van der Waals surface area contributed by atoms with Crippen LogP contribution in [0.2, 0.25) is 0 Å². The second-order valence-corrected chi connectivity index (χ2v) is 9.02. The summed E-state index contributed by atoms with van der Waals surface area (Å²) in [7, 11) is -3.47. The summed E-state index contributed by atoms with van der Waals surface area (Å²) in [4.78, 5) is 26.4. The number of benzene rings is 1. The molecule has 1 aromatic rings. The Labute approximate surface area is 160 Å². The fourth-order valence-electron chi connectivity index (χ4n) is 3.54. The summed E-state index contributed by atoms with van der Waals surface area (Å²) in [6.07, 6.45) is 5.32. The van der Waals surface area contributed by atoms with Crippen LogP contribution in [0.3, 0.4) is 0 Å². The van der Waals surface area contributed by atoms with E-state index in [1.807, 2.05) is 4.90 Å². The largest absolute Gasteiger partial charge is 0.352 e. The lowest BCUT2D eigenvalue weighted by atomic mass is 10.1. The summed E-state index contributed by atoms with van der Waals surface area (Å²) < 4.78 is 26.5. The van der Waals surface area contributed by atoms with E-state index in [0.29, 0.717) is 18.7 Å². The van der Waals surface area contributed by atoms with Gasteiger partial charge in [-0.05, 0) is 56.4 Å². The van der Waals surface area contributed by atoms with Gasteiger partial charge in [0, 0.05) is 44.7 Å². The van der Waals surface area contributed by atoms with Crippen LogP contribution in [-0.2, 0) is 14.8 Å². The second-order valence-electron chi connectivity index (χ2n) is 7.08. The van der Waals surface area contributed by atoms with E-state index in [2.05, 4.69) is 5.32 Å². The van der Waals surface area contributed by atoms with E-state index in [4.69, 9.17) is 0 Å². The zero-order valence-corrected chi connectivity index (χ0v) is 16.3. The summed E-state index contributed by atoms with van der Waals surface area (Å²) in [6, 6.07) is 5.98. The van der Waals surface area contributed by atoms with Gasteiger partial charge in [-0.25, -0.2) is 8.42 Å². The molecule has 2 saturated heterocycles. The minimum atomic E-state index is -3.47. The van der Waals surface area contributed by atoms with Crippen molar-refractivity contribution in [3.8, 4) is 0 Å². The molecule has 2 amide bonds. The first-order valence-corrected chi connectivity index (χ1v) is 11.1. The van der Waals surface area contributed by atoms with Crippen LogP contribution < -0.4 is 5.32 Å². The number of nitrogens with zero attached hydrogens (tertiary/aromatic N) is 2. The number of carbonyl (C=O) groups is 2. The lowest BCUT2D eigenvalue weighted by Gasteiger charge is -2.26. The molecule has 0 unspecified atom stereocenters. The van der Waals surface area contributed by atoms with E-state index in [1.165, 1.54) is 35.0 Å². The molecule has 2 fully saturated rings. The highest BCUT2D eigenvalue weighted by Gasteiger charge is 2.27. The molecule has 2 heterocycles. The quantitative estimate of drug-likeness (QED) is 0.795. The lowest BCUT2D eigenvalue weighted by molar-refractivity contribution is -0.131. The highest BCUT2D eigenvalue weighted by molar-refractivity contribution is 7.89. The summed E-state index contributed by atoms with van der Waals surface area (Å²) in [5, 5.41) is 2.74. The van der Waals surface area contributed by atoms with E-state index in [0.717, 1.165) is 38.8 Å². The minimum absolute atomic E-state index is 0.0713. The van der Waals surface area contributed by atoms with Crippen LogP contribution in [-0.4, -0.2) is 62.2 Å². The average Bonchev–Trinajstić information content (AvgIpc) is 3.24. The summed E-state index contributed by atoms with van der Waals surface area (Å²) in [5.41, 5.74) is 0.390. The number of likely N-dealkylation sites (tertiary alicyclic amines) is 1. The maximum absolute atomic E-state index is 12.5. The van der Waals surface area contributed by atoms with Gasteiger partial charge in [-0.3, -0.25) is 9.59 Å². The van der Waals surface area contributed by atoms with Crippen LogP contribution in [0, 0.1) is 0 Å². The van der Waals surface area contributed by atoms with Crippen molar-refractivity contribution in [1.29, 1.82) is 0 Å². The third kappa shape index (κ3) is 4.87. The Morgan fingerprint density at radius 1 is 0.889 bits per heavy atom. The molecule has 3 rings (SSSR count). The summed E-state index contributed by atoms with van der Waals surface area (Å²) in [6.45, 7) is 2.99. The highest BCUT2D eigenvalue weighted by atomic mass is 32.2. The Bertz CT molecular complexity index is 765. The van der Waals surface area contributed by atoms with Crippen LogP contribution in [0.5, 0.6) is 0 Å². The van der Waals surface area contributed by atoms with Crippen molar-refractivity contribution in [1.82, 2.24) is 14.5 Å². The van der Waals surface area contributed by atoms with E-state index < -0.39 is 10.0 Å². The molecule has 0 aromatic heterocycles. The van der Waals surface area contributed by atoms with Gasteiger partial charge < -0.3 is 10.2 Å². The second kappa shape index (κ2) is 8.84. The van der Waals surface area contributed by atoms with Gasteiger partial charge in [0.25, 0.3) is 5.91 Å². The molecule has 0 radical (unpaired) electrons. The smallest absolute Gasteiger partial charge is 0.251 e. The molecule has 8 heteroatoms. The molecule has 2 aliphatic rings. The number of carbonyl (C=O) groups excluding carboxylic acids is 2. The molecular weight excluding hydrogens is 366 g/mol. The number of sulfonamides is 1. The fraction of sp³-hybridized carbons (Fsp3) is 0.579. The first-order chi connectivity index (χ1) is 13.0. The number of hydrogen-bond donors (Lipinski definition) is 1. The SMILES string of the molecule is O=C(NCCC(=O)N1CCCCC1)c1ccc(S(=O)(=O)N2CCCC2)cc1. The molecule has 0 aliphatic carbocycles. The van der Waals surface area contributed by atoms with Gasteiger partial charge in [-0.1, -0.05) is 0 Å². The third-order valence-electron chi connectivity index (χ3n) is 5.15. The van der Waals surface area contributed by atoms with Crippen molar-refractivity contribution < 1.29 is 18.0 Å². The van der Waals surface area contributed by atoms with Crippen molar-refractivity contribution in [2.45, 2.75) is 43.4 Å². The van der Waals surface area contributed by atoms with Crippen LogP contribution in [0.25, 0.3) is 0 Å². The van der Waals surface area contributed by atoms with Crippen molar-refractivity contribution in [2.75, 3.05) is 32.7 Å². The third-order valence-corrected chi connectivity index (χ3v) is 7.07. The Morgan fingerprint density at radius 2 is 1.48 bits per heavy atom. The first kappa shape index (κ1) is 19.8. The van der Waals surface area contributed by atoms with Gasteiger partial charge in [0.1, 0.15) is 0 Å².